The van der Waals surface area contributed by atoms with Crippen LogP contribution in [0, 0.1) is 11.8 Å². The van der Waals surface area contributed by atoms with Crippen LogP contribution < -0.4 is 0 Å². The third-order valence-electron chi connectivity index (χ3n) is 4.31. The Kier molecular flexibility index (Phi) is 4.15. The van der Waals surface area contributed by atoms with Gasteiger partial charge in [-0.3, -0.25) is 9.59 Å². The smallest absolute Gasteiger partial charge is 0.320 e. The highest BCUT2D eigenvalue weighted by molar-refractivity contribution is 5.80. The number of ether oxygens (including phenoxy) is 1. The van der Waals surface area contributed by atoms with E-state index in [1.54, 1.807) is 16.7 Å². The van der Waals surface area contributed by atoms with E-state index in [0.29, 0.717) is 32.5 Å². The number of carbonyl (C=O) groups excluding carboxylic acids is 2. The predicted molar refractivity (Wildman–Crippen MR) is 69.0 cm³/mol. The number of hydrogen-bond donors (Lipinski definition) is 1. The van der Waals surface area contributed by atoms with Crippen LogP contribution in [0.1, 0.15) is 19.8 Å². The maximum absolute atomic E-state index is 12.4. The number of esters is 1. The summed E-state index contributed by atoms with van der Waals surface area (Å²) in [5.74, 6) is -1.92. The number of methoxy groups -OCH3 is 1. The Balaban J connectivity index is 1.96. The molecule has 0 spiro atoms. The minimum Gasteiger partial charge on any atom is -0.481 e. The SMILES string of the molecule is COC(=O)C1CCN(C(=O)N2CCC(C(=O)O)C2C)C1. The largest absolute Gasteiger partial charge is 0.481 e. The molecule has 0 aromatic carbocycles. The molecule has 2 aliphatic heterocycles. The van der Waals surface area contributed by atoms with Crippen LogP contribution in [0.3, 0.4) is 0 Å². The summed E-state index contributed by atoms with van der Waals surface area (Å²) >= 11 is 0. The van der Waals surface area contributed by atoms with E-state index in [0.717, 1.165) is 0 Å². The van der Waals surface area contributed by atoms with Crippen molar-refractivity contribution in [1.29, 1.82) is 0 Å². The van der Waals surface area contributed by atoms with Gasteiger partial charge in [-0.15, -0.1) is 0 Å². The summed E-state index contributed by atoms with van der Waals surface area (Å²) in [4.78, 5) is 38.1. The Labute approximate surface area is 117 Å². The van der Waals surface area contributed by atoms with Crippen LogP contribution in [-0.2, 0) is 14.3 Å². The summed E-state index contributed by atoms with van der Waals surface area (Å²) in [5.41, 5.74) is 0. The average Bonchev–Trinajstić information content (AvgIpc) is 3.03. The molecule has 2 rings (SSSR count). The monoisotopic (exact) mass is 284 g/mol. The molecule has 3 unspecified atom stereocenters. The van der Waals surface area contributed by atoms with E-state index in [1.807, 2.05) is 0 Å². The normalized spacial score (nSPS) is 29.6. The van der Waals surface area contributed by atoms with Gasteiger partial charge in [-0.1, -0.05) is 0 Å². The second kappa shape index (κ2) is 5.68. The number of hydrogen-bond acceptors (Lipinski definition) is 4. The van der Waals surface area contributed by atoms with Crippen LogP contribution >= 0.6 is 0 Å². The molecule has 0 aliphatic carbocycles. The molecule has 0 bridgehead atoms. The van der Waals surface area contributed by atoms with E-state index >= 15 is 0 Å². The first-order valence-electron chi connectivity index (χ1n) is 6.82. The van der Waals surface area contributed by atoms with E-state index in [4.69, 9.17) is 5.11 Å². The first-order valence-corrected chi connectivity index (χ1v) is 6.82. The maximum atomic E-state index is 12.4. The summed E-state index contributed by atoms with van der Waals surface area (Å²) in [6, 6.07) is -0.482. The van der Waals surface area contributed by atoms with E-state index in [-0.39, 0.29) is 24.0 Å². The van der Waals surface area contributed by atoms with E-state index in [1.165, 1.54) is 7.11 Å². The quantitative estimate of drug-likeness (QED) is 0.741. The third-order valence-corrected chi connectivity index (χ3v) is 4.31. The van der Waals surface area contributed by atoms with Crippen LogP contribution in [0.4, 0.5) is 4.79 Å². The van der Waals surface area contributed by atoms with Crippen molar-refractivity contribution < 1.29 is 24.2 Å². The van der Waals surface area contributed by atoms with Gasteiger partial charge in [0.15, 0.2) is 0 Å². The summed E-state index contributed by atoms with van der Waals surface area (Å²) in [6.45, 7) is 3.08. The molecule has 3 atom stereocenters. The lowest BCUT2D eigenvalue weighted by Crippen LogP contribution is -2.45. The molecule has 2 fully saturated rings. The van der Waals surface area contributed by atoms with Crippen molar-refractivity contribution in [3.63, 3.8) is 0 Å². The second-order valence-corrected chi connectivity index (χ2v) is 5.40. The minimum absolute atomic E-state index is 0.173. The number of carboxylic acid groups (broad SMARTS) is 1. The van der Waals surface area contributed by atoms with Crippen molar-refractivity contribution in [3.8, 4) is 0 Å². The lowest BCUT2D eigenvalue weighted by molar-refractivity contribution is -0.145. The average molecular weight is 284 g/mol. The first-order chi connectivity index (χ1) is 9.45. The van der Waals surface area contributed by atoms with Gasteiger partial charge in [0.1, 0.15) is 0 Å². The number of urea groups is 1. The van der Waals surface area contributed by atoms with Gasteiger partial charge in [-0.2, -0.15) is 0 Å². The zero-order chi connectivity index (χ0) is 14.9. The van der Waals surface area contributed by atoms with E-state index < -0.39 is 11.9 Å². The summed E-state index contributed by atoms with van der Waals surface area (Å²) in [6.07, 6.45) is 1.08. The molecule has 112 valence electrons. The van der Waals surface area contributed by atoms with Crippen LogP contribution in [0.2, 0.25) is 0 Å². The molecule has 2 aliphatic rings. The van der Waals surface area contributed by atoms with Crippen LogP contribution in [0.5, 0.6) is 0 Å². The van der Waals surface area contributed by atoms with Crippen molar-refractivity contribution in [2.24, 2.45) is 11.8 Å². The summed E-state index contributed by atoms with van der Waals surface area (Å²) in [5, 5.41) is 9.08. The molecular formula is C13H20N2O5. The van der Waals surface area contributed by atoms with Gasteiger partial charge in [0.25, 0.3) is 0 Å². The Bertz CT molecular complexity index is 425. The number of amides is 2. The maximum Gasteiger partial charge on any atom is 0.320 e. The third kappa shape index (κ3) is 2.57. The van der Waals surface area contributed by atoms with Crippen molar-refractivity contribution in [3.05, 3.63) is 0 Å². The Morgan fingerprint density at radius 2 is 1.90 bits per heavy atom. The topological polar surface area (TPSA) is 87.2 Å². The van der Waals surface area contributed by atoms with E-state index in [2.05, 4.69) is 4.74 Å². The van der Waals surface area contributed by atoms with E-state index in [9.17, 15) is 14.4 Å². The Morgan fingerprint density at radius 1 is 1.20 bits per heavy atom. The molecule has 2 amide bonds. The minimum atomic E-state index is -0.860. The van der Waals surface area contributed by atoms with Crippen LogP contribution in [-0.4, -0.2) is 65.7 Å². The fourth-order valence-corrected chi connectivity index (χ4v) is 3.01. The van der Waals surface area contributed by atoms with Crippen molar-refractivity contribution >= 4 is 18.0 Å². The predicted octanol–water partition coefficient (Wildman–Crippen LogP) is 0.396. The van der Waals surface area contributed by atoms with Gasteiger partial charge in [-0.25, -0.2) is 4.79 Å². The highest BCUT2D eigenvalue weighted by Crippen LogP contribution is 2.27. The fraction of sp³-hybridized carbons (Fsp3) is 0.769. The molecule has 0 aromatic rings. The van der Waals surface area contributed by atoms with Gasteiger partial charge in [-0.05, 0) is 19.8 Å². The van der Waals surface area contributed by atoms with Crippen molar-refractivity contribution in [2.75, 3.05) is 26.7 Å². The van der Waals surface area contributed by atoms with Gasteiger partial charge in [0.05, 0.1) is 18.9 Å². The molecule has 20 heavy (non-hydrogen) atoms. The first kappa shape index (κ1) is 14.6. The van der Waals surface area contributed by atoms with Gasteiger partial charge >= 0.3 is 18.0 Å². The highest BCUT2D eigenvalue weighted by atomic mass is 16.5. The molecular weight excluding hydrogens is 264 g/mol. The number of carbonyl (C=O) groups is 3. The number of carboxylic acids is 1. The fourth-order valence-electron chi connectivity index (χ4n) is 3.01. The number of nitrogens with zero attached hydrogens (tertiary/aromatic N) is 2. The highest BCUT2D eigenvalue weighted by Gasteiger charge is 2.41. The number of aliphatic carboxylic acids is 1. The number of rotatable bonds is 2. The zero-order valence-electron chi connectivity index (χ0n) is 11.7. The van der Waals surface area contributed by atoms with Gasteiger partial charge in [0, 0.05) is 25.7 Å². The molecule has 1 N–H and O–H groups in total. The number of likely N-dealkylation sites (tertiary alicyclic amines) is 2. The summed E-state index contributed by atoms with van der Waals surface area (Å²) in [7, 11) is 1.34. The second-order valence-electron chi connectivity index (χ2n) is 5.40. The Hall–Kier alpha value is -1.79. The Morgan fingerprint density at radius 3 is 2.45 bits per heavy atom. The summed E-state index contributed by atoms with van der Waals surface area (Å²) < 4.78 is 4.69. The van der Waals surface area contributed by atoms with Gasteiger partial charge < -0.3 is 19.6 Å². The molecule has 7 nitrogen and oxygen atoms in total. The molecule has 7 heteroatoms. The lowest BCUT2D eigenvalue weighted by atomic mass is 10.0. The molecule has 0 saturated carbocycles. The lowest BCUT2D eigenvalue weighted by Gasteiger charge is -2.28. The van der Waals surface area contributed by atoms with Crippen molar-refractivity contribution in [2.45, 2.75) is 25.8 Å². The van der Waals surface area contributed by atoms with Crippen LogP contribution in [0.25, 0.3) is 0 Å². The van der Waals surface area contributed by atoms with Crippen molar-refractivity contribution in [1.82, 2.24) is 9.80 Å². The van der Waals surface area contributed by atoms with Gasteiger partial charge in [0.2, 0.25) is 0 Å². The van der Waals surface area contributed by atoms with Crippen LogP contribution in [0.15, 0.2) is 0 Å². The molecule has 0 aromatic heterocycles. The molecule has 2 saturated heterocycles. The molecule has 0 radical (unpaired) electrons. The standard InChI is InChI=1S/C13H20N2O5/c1-8-10(11(16)17)4-6-15(8)13(19)14-5-3-9(7-14)12(18)20-2/h8-10H,3-7H2,1-2H3,(H,16,17). The molecule has 2 heterocycles. The zero-order valence-corrected chi connectivity index (χ0v) is 11.7.